The van der Waals surface area contributed by atoms with Crippen LogP contribution in [0.1, 0.15) is 20.3 Å². The maximum Gasteiger partial charge on any atom is 0.323 e. The van der Waals surface area contributed by atoms with E-state index in [1.54, 1.807) is 19.9 Å². The Morgan fingerprint density at radius 2 is 2.27 bits per heavy atom. The molecule has 2 N–H and O–H groups in total. The van der Waals surface area contributed by atoms with Gasteiger partial charge in [0.1, 0.15) is 5.54 Å². The van der Waals surface area contributed by atoms with Gasteiger partial charge in [-0.3, -0.25) is 4.79 Å². The van der Waals surface area contributed by atoms with E-state index < -0.39 is 11.5 Å². The molecule has 0 heterocycles. The van der Waals surface area contributed by atoms with Gasteiger partial charge in [-0.25, -0.2) is 0 Å². The fourth-order valence-electron chi connectivity index (χ4n) is 0.562. The van der Waals surface area contributed by atoms with Gasteiger partial charge in [0.05, 0.1) is 0 Å². The molecule has 64 valence electrons. The largest absolute Gasteiger partial charge is 0.480 e. The molecule has 0 aromatic rings. The average Bonchev–Trinajstić information content (AvgIpc) is 1.88. The highest BCUT2D eigenvalue weighted by atomic mass is 16.4. The summed E-state index contributed by atoms with van der Waals surface area (Å²) in [5.74, 6) is -0.832. The smallest absolute Gasteiger partial charge is 0.323 e. The van der Waals surface area contributed by atoms with Crippen LogP contribution in [0.5, 0.6) is 0 Å². The third-order valence-electron chi connectivity index (χ3n) is 1.45. The summed E-state index contributed by atoms with van der Waals surface area (Å²) in [5.41, 5.74) is -0.830. The van der Waals surface area contributed by atoms with E-state index >= 15 is 0 Å². The van der Waals surface area contributed by atoms with Crippen molar-refractivity contribution in [3.63, 3.8) is 0 Å². The third kappa shape index (κ3) is 3.78. The zero-order valence-electron chi connectivity index (χ0n) is 7.05. The predicted octanol–water partition coefficient (Wildman–Crippen LogP) is 1.02. The zero-order valence-corrected chi connectivity index (χ0v) is 7.05. The van der Waals surface area contributed by atoms with E-state index in [-0.39, 0.29) is 0 Å². The molecule has 11 heavy (non-hydrogen) atoms. The molecule has 3 heteroatoms. The molecule has 0 aliphatic carbocycles. The van der Waals surface area contributed by atoms with Crippen LogP contribution in [0.4, 0.5) is 0 Å². The lowest BCUT2D eigenvalue weighted by atomic mass is 10.1. The molecule has 0 atom stereocenters. The van der Waals surface area contributed by atoms with Crippen LogP contribution in [-0.4, -0.2) is 23.2 Å². The molecular weight excluding hydrogens is 142 g/mol. The number of carboxylic acid groups (broad SMARTS) is 1. The van der Waals surface area contributed by atoms with Gasteiger partial charge in [-0.2, -0.15) is 0 Å². The van der Waals surface area contributed by atoms with Crippen molar-refractivity contribution in [1.29, 1.82) is 0 Å². The third-order valence-corrected chi connectivity index (χ3v) is 1.45. The Balaban J connectivity index is 3.72. The molecule has 0 aliphatic rings. The summed E-state index contributed by atoms with van der Waals surface area (Å²) in [6.07, 6.45) is 2.54. The van der Waals surface area contributed by atoms with Gasteiger partial charge < -0.3 is 10.4 Å². The van der Waals surface area contributed by atoms with Gasteiger partial charge in [0, 0.05) is 0 Å². The number of aliphatic carboxylic acids is 1. The second kappa shape index (κ2) is 4.13. The number of hydrogen-bond acceptors (Lipinski definition) is 2. The highest BCUT2D eigenvalue weighted by molar-refractivity contribution is 5.77. The summed E-state index contributed by atoms with van der Waals surface area (Å²) >= 11 is 0. The van der Waals surface area contributed by atoms with Gasteiger partial charge in [0.2, 0.25) is 0 Å². The van der Waals surface area contributed by atoms with Crippen LogP contribution in [-0.2, 0) is 4.79 Å². The quantitative estimate of drug-likeness (QED) is 0.462. The Labute approximate surface area is 67.1 Å². The Kier molecular flexibility index (Phi) is 3.82. The molecule has 0 bridgehead atoms. The van der Waals surface area contributed by atoms with Crippen LogP contribution in [0, 0.1) is 0 Å². The average molecular weight is 157 g/mol. The van der Waals surface area contributed by atoms with Crippen molar-refractivity contribution in [2.24, 2.45) is 0 Å². The SMILES string of the molecule is C=CCCNC(C)(C)C(=O)O. The Bertz CT molecular complexity index is 152. The first-order valence-electron chi connectivity index (χ1n) is 3.60. The van der Waals surface area contributed by atoms with Crippen molar-refractivity contribution < 1.29 is 9.90 Å². The summed E-state index contributed by atoms with van der Waals surface area (Å²) in [4.78, 5) is 10.5. The summed E-state index contributed by atoms with van der Waals surface area (Å²) < 4.78 is 0. The van der Waals surface area contributed by atoms with Crippen molar-refractivity contribution in [2.75, 3.05) is 6.54 Å². The molecule has 0 saturated carbocycles. The molecule has 0 spiro atoms. The highest BCUT2D eigenvalue weighted by Gasteiger charge is 2.25. The summed E-state index contributed by atoms with van der Waals surface area (Å²) in [7, 11) is 0. The number of carbonyl (C=O) groups is 1. The van der Waals surface area contributed by atoms with Crippen molar-refractivity contribution in [3.8, 4) is 0 Å². The molecule has 0 aromatic carbocycles. The van der Waals surface area contributed by atoms with Crippen LogP contribution in [0.2, 0.25) is 0 Å². The number of nitrogens with one attached hydrogen (secondary N) is 1. The molecule has 0 aromatic heterocycles. The Morgan fingerprint density at radius 3 is 2.64 bits per heavy atom. The fraction of sp³-hybridized carbons (Fsp3) is 0.625. The maximum absolute atomic E-state index is 10.5. The first-order chi connectivity index (χ1) is 5.00. The Morgan fingerprint density at radius 1 is 1.73 bits per heavy atom. The van der Waals surface area contributed by atoms with Gasteiger partial charge in [0.25, 0.3) is 0 Å². The number of rotatable bonds is 5. The minimum Gasteiger partial charge on any atom is -0.480 e. The topological polar surface area (TPSA) is 49.3 Å². The second-order valence-electron chi connectivity index (χ2n) is 2.93. The lowest BCUT2D eigenvalue weighted by Crippen LogP contribution is -2.46. The lowest BCUT2D eigenvalue weighted by molar-refractivity contribution is -0.143. The van der Waals surface area contributed by atoms with Crippen LogP contribution >= 0.6 is 0 Å². The van der Waals surface area contributed by atoms with Crippen LogP contribution in [0.3, 0.4) is 0 Å². The minimum absolute atomic E-state index is 0.656. The molecule has 0 amide bonds. The standard InChI is InChI=1S/C8H15NO2/c1-4-5-6-9-8(2,3)7(10)11/h4,9H,1,5-6H2,2-3H3,(H,10,11). The van der Waals surface area contributed by atoms with E-state index in [2.05, 4.69) is 11.9 Å². The molecule has 3 nitrogen and oxygen atoms in total. The molecule has 0 aliphatic heterocycles. The molecule has 0 saturated heterocycles. The summed E-state index contributed by atoms with van der Waals surface area (Å²) in [5, 5.41) is 11.5. The number of carboxylic acids is 1. The van der Waals surface area contributed by atoms with Crippen LogP contribution < -0.4 is 5.32 Å². The maximum atomic E-state index is 10.5. The van der Waals surface area contributed by atoms with Gasteiger partial charge in [-0.15, -0.1) is 6.58 Å². The summed E-state index contributed by atoms with van der Waals surface area (Å²) in [6, 6.07) is 0. The summed E-state index contributed by atoms with van der Waals surface area (Å²) in [6.45, 7) is 7.47. The van der Waals surface area contributed by atoms with Crippen molar-refractivity contribution in [1.82, 2.24) is 5.32 Å². The van der Waals surface area contributed by atoms with Crippen LogP contribution in [0.25, 0.3) is 0 Å². The second-order valence-corrected chi connectivity index (χ2v) is 2.93. The molecule has 0 rings (SSSR count). The van der Waals surface area contributed by atoms with E-state index in [1.807, 2.05) is 0 Å². The molecule has 0 unspecified atom stereocenters. The molecular formula is C8H15NO2. The van der Waals surface area contributed by atoms with Gasteiger partial charge in [-0.1, -0.05) is 6.08 Å². The van der Waals surface area contributed by atoms with E-state index in [9.17, 15) is 4.79 Å². The van der Waals surface area contributed by atoms with E-state index in [4.69, 9.17) is 5.11 Å². The van der Waals surface area contributed by atoms with Gasteiger partial charge >= 0.3 is 5.97 Å². The van der Waals surface area contributed by atoms with Gasteiger partial charge in [-0.05, 0) is 26.8 Å². The van der Waals surface area contributed by atoms with Crippen LogP contribution in [0.15, 0.2) is 12.7 Å². The van der Waals surface area contributed by atoms with E-state index in [1.165, 1.54) is 0 Å². The van der Waals surface area contributed by atoms with Crippen molar-refractivity contribution in [3.05, 3.63) is 12.7 Å². The molecule has 0 fully saturated rings. The predicted molar refractivity (Wildman–Crippen MR) is 44.5 cm³/mol. The lowest BCUT2D eigenvalue weighted by Gasteiger charge is -2.20. The molecule has 0 radical (unpaired) electrons. The van der Waals surface area contributed by atoms with E-state index in [0.717, 1.165) is 6.42 Å². The van der Waals surface area contributed by atoms with E-state index in [0.29, 0.717) is 6.54 Å². The Hall–Kier alpha value is -0.830. The van der Waals surface area contributed by atoms with Gasteiger partial charge in [0.15, 0.2) is 0 Å². The number of hydrogen-bond donors (Lipinski definition) is 2. The zero-order chi connectivity index (χ0) is 8.91. The normalized spacial score (nSPS) is 11.1. The monoisotopic (exact) mass is 157 g/mol. The first-order valence-corrected chi connectivity index (χ1v) is 3.60. The van der Waals surface area contributed by atoms with Crippen molar-refractivity contribution in [2.45, 2.75) is 25.8 Å². The van der Waals surface area contributed by atoms with Crippen molar-refractivity contribution >= 4 is 5.97 Å². The fourth-order valence-corrected chi connectivity index (χ4v) is 0.562. The highest BCUT2D eigenvalue weighted by Crippen LogP contribution is 2.00. The minimum atomic E-state index is -0.832. The first kappa shape index (κ1) is 10.2.